The second kappa shape index (κ2) is 4.11. The molecule has 1 aliphatic rings. The lowest BCUT2D eigenvalue weighted by molar-refractivity contribution is -0.138. The van der Waals surface area contributed by atoms with Gasteiger partial charge in [0, 0.05) is 10.9 Å². The fraction of sp³-hybridized carbons (Fsp3) is 0.500. The average Bonchev–Trinajstić information content (AvgIpc) is 2.70. The molecule has 0 saturated carbocycles. The minimum absolute atomic E-state index is 0.169. The summed E-state index contributed by atoms with van der Waals surface area (Å²) in [4.78, 5) is 14.0. The number of thiophene rings is 1. The van der Waals surface area contributed by atoms with Gasteiger partial charge in [-0.1, -0.05) is 6.07 Å². The van der Waals surface area contributed by atoms with Crippen LogP contribution in [0.15, 0.2) is 17.5 Å². The maximum absolute atomic E-state index is 10.6. The van der Waals surface area contributed by atoms with Gasteiger partial charge in [-0.05, 0) is 30.8 Å². The molecule has 0 aliphatic carbocycles. The first-order valence-electron chi connectivity index (χ1n) is 4.76. The van der Waals surface area contributed by atoms with E-state index in [-0.39, 0.29) is 6.54 Å². The van der Waals surface area contributed by atoms with Crippen molar-refractivity contribution in [2.75, 3.05) is 13.1 Å². The van der Waals surface area contributed by atoms with E-state index >= 15 is 0 Å². The van der Waals surface area contributed by atoms with Crippen molar-refractivity contribution < 1.29 is 9.90 Å². The summed E-state index contributed by atoms with van der Waals surface area (Å²) in [6.45, 7) is 1.08. The molecule has 14 heavy (non-hydrogen) atoms. The summed E-state index contributed by atoms with van der Waals surface area (Å²) in [5, 5.41) is 10.8. The molecule has 1 aliphatic heterocycles. The molecule has 1 saturated heterocycles. The molecule has 4 heteroatoms. The van der Waals surface area contributed by atoms with E-state index in [1.54, 1.807) is 11.3 Å². The van der Waals surface area contributed by atoms with Crippen molar-refractivity contribution in [2.45, 2.75) is 18.9 Å². The van der Waals surface area contributed by atoms with Gasteiger partial charge in [-0.2, -0.15) is 0 Å². The zero-order valence-electron chi connectivity index (χ0n) is 7.85. The first-order chi connectivity index (χ1) is 6.77. The quantitative estimate of drug-likeness (QED) is 0.831. The van der Waals surface area contributed by atoms with Crippen molar-refractivity contribution in [3.05, 3.63) is 22.4 Å². The van der Waals surface area contributed by atoms with Crippen LogP contribution in [0.4, 0.5) is 0 Å². The SMILES string of the molecule is O=C(O)CN1CCC[C@@H]1c1cccs1. The molecule has 1 fully saturated rings. The monoisotopic (exact) mass is 211 g/mol. The van der Waals surface area contributed by atoms with Gasteiger partial charge in [0.2, 0.25) is 0 Å². The van der Waals surface area contributed by atoms with Crippen molar-refractivity contribution in [3.63, 3.8) is 0 Å². The number of hydrogen-bond acceptors (Lipinski definition) is 3. The van der Waals surface area contributed by atoms with Crippen LogP contribution >= 0.6 is 11.3 Å². The molecular formula is C10H13NO2S. The second-order valence-corrected chi connectivity index (χ2v) is 4.52. The van der Waals surface area contributed by atoms with E-state index in [1.807, 2.05) is 16.3 Å². The largest absolute Gasteiger partial charge is 0.480 e. The summed E-state index contributed by atoms with van der Waals surface area (Å²) in [6.07, 6.45) is 2.20. The van der Waals surface area contributed by atoms with Gasteiger partial charge in [0.1, 0.15) is 0 Å². The summed E-state index contributed by atoms with van der Waals surface area (Å²) in [5.74, 6) is -0.728. The van der Waals surface area contributed by atoms with Gasteiger partial charge in [0.25, 0.3) is 0 Å². The number of carbonyl (C=O) groups is 1. The van der Waals surface area contributed by atoms with E-state index in [1.165, 1.54) is 4.88 Å². The fourth-order valence-electron chi connectivity index (χ4n) is 1.99. The molecule has 1 aromatic rings. The lowest BCUT2D eigenvalue weighted by atomic mass is 10.2. The Kier molecular flexibility index (Phi) is 2.84. The maximum atomic E-state index is 10.6. The Morgan fingerprint density at radius 3 is 3.21 bits per heavy atom. The van der Waals surface area contributed by atoms with Crippen LogP contribution in [0.25, 0.3) is 0 Å². The Labute approximate surface area is 87.0 Å². The van der Waals surface area contributed by atoms with Crippen molar-refractivity contribution in [1.82, 2.24) is 4.90 Å². The number of likely N-dealkylation sites (tertiary alicyclic amines) is 1. The molecular weight excluding hydrogens is 198 g/mol. The molecule has 0 radical (unpaired) electrons. The molecule has 1 N–H and O–H groups in total. The summed E-state index contributed by atoms with van der Waals surface area (Å²) in [6, 6.07) is 4.46. The smallest absolute Gasteiger partial charge is 0.317 e. The fourth-order valence-corrected chi connectivity index (χ4v) is 2.89. The third kappa shape index (κ3) is 1.96. The number of carboxylic acids is 1. The van der Waals surface area contributed by atoms with Gasteiger partial charge >= 0.3 is 5.97 Å². The van der Waals surface area contributed by atoms with Crippen LogP contribution in [0.2, 0.25) is 0 Å². The van der Waals surface area contributed by atoms with Crippen LogP contribution < -0.4 is 0 Å². The molecule has 76 valence electrons. The first-order valence-corrected chi connectivity index (χ1v) is 5.64. The highest BCUT2D eigenvalue weighted by atomic mass is 32.1. The number of carboxylic acid groups (broad SMARTS) is 1. The molecule has 0 aromatic carbocycles. The number of rotatable bonds is 3. The molecule has 0 spiro atoms. The zero-order valence-corrected chi connectivity index (χ0v) is 8.67. The predicted octanol–water partition coefficient (Wildman–Crippen LogP) is 1.97. The normalized spacial score (nSPS) is 22.7. The third-order valence-corrected chi connectivity index (χ3v) is 3.55. The number of nitrogens with zero attached hydrogens (tertiary/aromatic N) is 1. The van der Waals surface area contributed by atoms with Crippen LogP contribution in [0.5, 0.6) is 0 Å². The van der Waals surface area contributed by atoms with Crippen molar-refractivity contribution in [1.29, 1.82) is 0 Å². The first kappa shape index (κ1) is 9.68. The lowest BCUT2D eigenvalue weighted by Crippen LogP contribution is -2.28. The number of hydrogen-bond donors (Lipinski definition) is 1. The highest BCUT2D eigenvalue weighted by Crippen LogP contribution is 2.33. The highest BCUT2D eigenvalue weighted by molar-refractivity contribution is 7.10. The summed E-state index contributed by atoms with van der Waals surface area (Å²) < 4.78 is 0. The third-order valence-electron chi connectivity index (χ3n) is 2.57. The molecule has 1 aromatic heterocycles. The Morgan fingerprint density at radius 2 is 2.57 bits per heavy atom. The number of aliphatic carboxylic acids is 1. The van der Waals surface area contributed by atoms with Crippen LogP contribution in [-0.4, -0.2) is 29.1 Å². The van der Waals surface area contributed by atoms with Gasteiger partial charge in [-0.15, -0.1) is 11.3 Å². The lowest BCUT2D eigenvalue weighted by Gasteiger charge is -2.21. The van der Waals surface area contributed by atoms with E-state index in [2.05, 4.69) is 6.07 Å². The molecule has 0 unspecified atom stereocenters. The summed E-state index contributed by atoms with van der Waals surface area (Å²) in [5.41, 5.74) is 0. The maximum Gasteiger partial charge on any atom is 0.317 e. The highest BCUT2D eigenvalue weighted by Gasteiger charge is 2.27. The predicted molar refractivity (Wildman–Crippen MR) is 55.5 cm³/mol. The average molecular weight is 211 g/mol. The Bertz CT molecular complexity index is 310. The second-order valence-electron chi connectivity index (χ2n) is 3.54. The van der Waals surface area contributed by atoms with Crippen molar-refractivity contribution >= 4 is 17.3 Å². The summed E-state index contributed by atoms with van der Waals surface area (Å²) >= 11 is 1.72. The van der Waals surface area contributed by atoms with Crippen molar-refractivity contribution in [2.24, 2.45) is 0 Å². The van der Waals surface area contributed by atoms with Crippen LogP contribution in [0.3, 0.4) is 0 Å². The Balaban J connectivity index is 2.07. The minimum Gasteiger partial charge on any atom is -0.480 e. The topological polar surface area (TPSA) is 40.5 Å². The van der Waals surface area contributed by atoms with Crippen molar-refractivity contribution in [3.8, 4) is 0 Å². The van der Waals surface area contributed by atoms with E-state index in [0.29, 0.717) is 6.04 Å². The van der Waals surface area contributed by atoms with E-state index in [9.17, 15) is 4.79 Å². The van der Waals surface area contributed by atoms with Crippen LogP contribution in [0, 0.1) is 0 Å². The molecule has 0 bridgehead atoms. The molecule has 0 amide bonds. The molecule has 2 heterocycles. The molecule has 1 atom stereocenters. The zero-order chi connectivity index (χ0) is 9.97. The minimum atomic E-state index is -0.728. The molecule has 3 nitrogen and oxygen atoms in total. The summed E-state index contributed by atoms with van der Waals surface area (Å²) in [7, 11) is 0. The van der Waals surface area contributed by atoms with Gasteiger partial charge in [0.15, 0.2) is 0 Å². The van der Waals surface area contributed by atoms with E-state index < -0.39 is 5.97 Å². The Morgan fingerprint density at radius 1 is 1.71 bits per heavy atom. The van der Waals surface area contributed by atoms with Gasteiger partial charge < -0.3 is 5.11 Å². The van der Waals surface area contributed by atoms with Gasteiger partial charge in [0.05, 0.1) is 6.54 Å². The van der Waals surface area contributed by atoms with E-state index in [0.717, 1.165) is 19.4 Å². The van der Waals surface area contributed by atoms with E-state index in [4.69, 9.17) is 5.11 Å². The molecule has 2 rings (SSSR count). The Hall–Kier alpha value is -0.870. The standard InChI is InChI=1S/C10H13NO2S/c12-10(13)7-11-5-1-3-8(11)9-4-2-6-14-9/h2,4,6,8H,1,3,5,7H2,(H,12,13)/t8-/m1/s1. The van der Waals surface area contributed by atoms with Crippen LogP contribution in [0.1, 0.15) is 23.8 Å². The van der Waals surface area contributed by atoms with Crippen LogP contribution in [-0.2, 0) is 4.79 Å². The van der Waals surface area contributed by atoms with Gasteiger partial charge in [-0.3, -0.25) is 9.69 Å². The van der Waals surface area contributed by atoms with Gasteiger partial charge in [-0.25, -0.2) is 0 Å².